The van der Waals surface area contributed by atoms with Gasteiger partial charge in [0.05, 0.1) is 31.3 Å². The quantitative estimate of drug-likeness (QED) is 0.180. The summed E-state index contributed by atoms with van der Waals surface area (Å²) < 4.78 is 44.2. The molecule has 55 heavy (non-hydrogen) atoms. The zero-order valence-corrected chi connectivity index (χ0v) is 31.6. The van der Waals surface area contributed by atoms with Crippen molar-refractivity contribution >= 4 is 40.1 Å². The third-order valence-electron chi connectivity index (χ3n) is 11.1. The number of fused-ring (bicyclic) bond motifs is 2. The Hall–Kier alpha value is -4.93. The van der Waals surface area contributed by atoms with Crippen molar-refractivity contribution in [1.29, 1.82) is 0 Å². The topological polar surface area (TPSA) is 208 Å². The van der Waals surface area contributed by atoms with Crippen LogP contribution in [0.5, 0.6) is 5.75 Å². The average molecular weight is 781 g/mol. The molecule has 1 aromatic heterocycles. The number of nitrogens with one attached hydrogen (secondary N) is 3. The van der Waals surface area contributed by atoms with Crippen LogP contribution in [0, 0.1) is 5.92 Å². The van der Waals surface area contributed by atoms with Crippen molar-refractivity contribution in [2.45, 2.75) is 119 Å². The number of amides is 4. The van der Waals surface area contributed by atoms with E-state index in [9.17, 15) is 27.6 Å². The predicted molar refractivity (Wildman–Crippen MR) is 198 cm³/mol. The smallest absolute Gasteiger partial charge is 0.408 e. The highest BCUT2D eigenvalue weighted by Gasteiger charge is 2.62. The van der Waals surface area contributed by atoms with E-state index in [2.05, 4.69) is 25.7 Å². The van der Waals surface area contributed by atoms with Crippen molar-refractivity contribution in [3.05, 3.63) is 48.2 Å². The maximum atomic E-state index is 14.4. The highest BCUT2D eigenvalue weighted by molar-refractivity contribution is 7.91. The van der Waals surface area contributed by atoms with E-state index in [1.165, 1.54) is 17.3 Å². The Morgan fingerprint density at radius 1 is 1.05 bits per heavy atom. The first-order valence-electron chi connectivity index (χ1n) is 19.2. The molecule has 5 atom stereocenters. The van der Waals surface area contributed by atoms with Gasteiger partial charge in [-0.15, -0.1) is 0 Å². The van der Waals surface area contributed by atoms with E-state index in [1.54, 1.807) is 31.4 Å². The summed E-state index contributed by atoms with van der Waals surface area (Å²) in [6.07, 6.45) is 13.0. The van der Waals surface area contributed by atoms with Gasteiger partial charge in [0.1, 0.15) is 35.6 Å². The van der Waals surface area contributed by atoms with Crippen LogP contribution in [0.3, 0.4) is 0 Å². The van der Waals surface area contributed by atoms with Crippen molar-refractivity contribution in [2.75, 3.05) is 13.7 Å². The van der Waals surface area contributed by atoms with E-state index in [0.29, 0.717) is 54.7 Å². The van der Waals surface area contributed by atoms with Crippen molar-refractivity contribution in [3.8, 4) is 17.1 Å². The number of ether oxygens (including phenoxy) is 2. The summed E-state index contributed by atoms with van der Waals surface area (Å²) in [4.78, 5) is 62.8. The number of oxime groups is 1. The standard InChI is InChI=1S/C38H48N6O10S/c1-51-27-13-16-30(33-17-18-39-54-33)24(19-27)22-40-53-28-20-32-34(45)42-38(36(47)43-55(49,50)29-14-15-29)21-25(38)9-5-3-2-4-6-12-31(35(46)44(32)23-28)41-37(48)52-26-10-7-8-11-26/h5,9,13,16-19,22,25-26,28-29,31-32H,2-4,6-8,10-12,14-15,20-21,23H2,1H3,(H,41,48)(H,42,45)(H,43,47)/b9-5-,40-22+/t25?,28-,31+,32+,38-/m1/s1. The molecule has 0 bridgehead atoms. The molecule has 3 heterocycles. The summed E-state index contributed by atoms with van der Waals surface area (Å²) in [7, 11) is -2.35. The van der Waals surface area contributed by atoms with Crippen LogP contribution in [-0.4, -0.2) is 97.2 Å². The molecule has 1 aromatic carbocycles. The van der Waals surface area contributed by atoms with Gasteiger partial charge in [0.2, 0.25) is 21.8 Å². The number of sulfonamides is 1. The molecule has 2 aliphatic heterocycles. The minimum atomic E-state index is -3.89. The molecule has 1 unspecified atom stereocenters. The van der Waals surface area contributed by atoms with E-state index in [0.717, 1.165) is 38.5 Å². The lowest BCUT2D eigenvalue weighted by Gasteiger charge is -2.30. The zero-order valence-electron chi connectivity index (χ0n) is 30.8. The Bertz CT molecular complexity index is 1910. The third-order valence-corrected chi connectivity index (χ3v) is 12.9. The molecular weight excluding hydrogens is 733 g/mol. The van der Waals surface area contributed by atoms with Gasteiger partial charge >= 0.3 is 6.09 Å². The monoisotopic (exact) mass is 780 g/mol. The summed E-state index contributed by atoms with van der Waals surface area (Å²) in [6, 6.07) is 4.91. The van der Waals surface area contributed by atoms with Crippen LogP contribution < -0.4 is 20.1 Å². The molecule has 4 fully saturated rings. The number of carbonyl (C=O) groups is 4. The summed E-state index contributed by atoms with van der Waals surface area (Å²) in [6.45, 7) is -0.0459. The Balaban J connectivity index is 1.14. The Morgan fingerprint density at radius 3 is 2.60 bits per heavy atom. The summed E-state index contributed by atoms with van der Waals surface area (Å²) in [5.74, 6) is -1.29. The molecule has 17 heteroatoms. The Morgan fingerprint density at radius 2 is 1.85 bits per heavy atom. The molecule has 16 nitrogen and oxygen atoms in total. The number of allylic oxidation sites excluding steroid dienone is 1. The number of nitrogens with zero attached hydrogens (tertiary/aromatic N) is 3. The fraction of sp³-hybridized carbons (Fsp3) is 0.579. The number of aromatic nitrogens is 1. The number of hydrogen-bond donors (Lipinski definition) is 3. The molecule has 7 rings (SSSR count). The molecule has 0 spiro atoms. The third kappa shape index (κ3) is 8.97. The van der Waals surface area contributed by atoms with Gasteiger partial charge in [-0.1, -0.05) is 35.3 Å². The molecule has 3 N–H and O–H groups in total. The number of rotatable bonds is 10. The Kier molecular flexibility index (Phi) is 11.5. The van der Waals surface area contributed by atoms with Crippen LogP contribution in [0.15, 0.2) is 52.3 Å². The SMILES string of the molecule is COc1ccc(-c2ccno2)c(/C=N/O[C@@H]2C[C@H]3C(=O)N[C@]4(C(=O)NS(=O)(=O)C5CC5)CC4/C=C\CCCCC[C@H](NC(=O)OC4CCCC4)C(=O)N3C2)c1. The van der Waals surface area contributed by atoms with Crippen LogP contribution >= 0.6 is 0 Å². The van der Waals surface area contributed by atoms with E-state index in [4.69, 9.17) is 18.8 Å². The second-order valence-corrected chi connectivity index (χ2v) is 17.0. The van der Waals surface area contributed by atoms with Gasteiger partial charge in [-0.25, -0.2) is 13.2 Å². The van der Waals surface area contributed by atoms with Crippen molar-refractivity contribution in [1.82, 2.24) is 25.4 Å². The van der Waals surface area contributed by atoms with Gasteiger partial charge in [-0.05, 0) is 82.4 Å². The fourth-order valence-electron chi connectivity index (χ4n) is 7.70. The summed E-state index contributed by atoms with van der Waals surface area (Å²) in [5, 5.41) is 13.0. The molecule has 3 saturated carbocycles. The van der Waals surface area contributed by atoms with Gasteiger partial charge in [0, 0.05) is 29.5 Å². The number of benzene rings is 1. The predicted octanol–water partition coefficient (Wildman–Crippen LogP) is 3.71. The Labute approximate surface area is 319 Å². The maximum Gasteiger partial charge on any atom is 0.408 e. The van der Waals surface area contributed by atoms with Crippen LogP contribution in [0.4, 0.5) is 4.79 Å². The maximum absolute atomic E-state index is 14.4. The second kappa shape index (κ2) is 16.4. The van der Waals surface area contributed by atoms with E-state index < -0.39 is 68.7 Å². The average Bonchev–Trinajstić information content (AvgIpc) is 3.90. The lowest BCUT2D eigenvalue weighted by molar-refractivity contribution is -0.141. The van der Waals surface area contributed by atoms with Gasteiger partial charge < -0.3 is 34.4 Å². The van der Waals surface area contributed by atoms with Crippen LogP contribution in [-0.2, 0) is 34.0 Å². The van der Waals surface area contributed by atoms with E-state index in [1.807, 2.05) is 12.2 Å². The number of alkyl carbamates (subject to hydrolysis) is 1. The van der Waals surface area contributed by atoms with Gasteiger partial charge in [0.15, 0.2) is 5.76 Å². The molecule has 5 aliphatic rings. The first-order chi connectivity index (χ1) is 26.6. The van der Waals surface area contributed by atoms with Crippen molar-refractivity contribution in [3.63, 3.8) is 0 Å². The summed E-state index contributed by atoms with van der Waals surface area (Å²) in [5.41, 5.74) is -0.226. The zero-order chi connectivity index (χ0) is 38.6. The highest BCUT2D eigenvalue weighted by atomic mass is 32.2. The highest BCUT2D eigenvalue weighted by Crippen LogP contribution is 2.46. The van der Waals surface area contributed by atoms with Crippen molar-refractivity contribution < 1.29 is 46.4 Å². The lowest BCUT2D eigenvalue weighted by atomic mass is 10.0. The molecule has 3 aliphatic carbocycles. The largest absolute Gasteiger partial charge is 0.497 e. The minimum Gasteiger partial charge on any atom is -0.497 e. The van der Waals surface area contributed by atoms with Crippen molar-refractivity contribution in [2.24, 2.45) is 11.1 Å². The first-order valence-corrected chi connectivity index (χ1v) is 20.7. The second-order valence-electron chi connectivity index (χ2n) is 15.1. The minimum absolute atomic E-state index is 0.0137. The van der Waals surface area contributed by atoms with E-state index in [-0.39, 0.29) is 25.5 Å². The fourth-order valence-corrected chi connectivity index (χ4v) is 9.06. The molecule has 4 amide bonds. The van der Waals surface area contributed by atoms with Gasteiger partial charge in [-0.2, -0.15) is 0 Å². The molecule has 0 radical (unpaired) electrons. The van der Waals surface area contributed by atoms with E-state index >= 15 is 0 Å². The number of hydrogen-bond acceptors (Lipinski definition) is 12. The van der Waals surface area contributed by atoms with Crippen LogP contribution in [0.2, 0.25) is 0 Å². The molecule has 1 saturated heterocycles. The number of carbonyl (C=O) groups excluding carboxylic acids is 4. The molecule has 296 valence electrons. The van der Waals surface area contributed by atoms with Gasteiger partial charge in [-0.3, -0.25) is 19.1 Å². The van der Waals surface area contributed by atoms with Crippen LogP contribution in [0.25, 0.3) is 11.3 Å². The normalized spacial score (nSPS) is 28.3. The number of methoxy groups -OCH3 is 1. The molecular formula is C38H48N6O10S. The lowest BCUT2D eigenvalue weighted by Crippen LogP contribution is -2.58. The van der Waals surface area contributed by atoms with Crippen LogP contribution in [0.1, 0.15) is 89.0 Å². The molecule has 2 aromatic rings. The first kappa shape index (κ1) is 38.3. The summed E-state index contributed by atoms with van der Waals surface area (Å²) >= 11 is 0. The van der Waals surface area contributed by atoms with Gasteiger partial charge in [0.25, 0.3) is 5.91 Å².